The summed E-state index contributed by atoms with van der Waals surface area (Å²) < 4.78 is 14.7. The van der Waals surface area contributed by atoms with Crippen LogP contribution in [0.2, 0.25) is 0 Å². The molecule has 0 bridgehead atoms. The number of halogens is 3. The second kappa shape index (κ2) is 5.14. The molecule has 5 heteroatoms. The largest absolute Gasteiger partial charge is 0.338 e. The number of pyridine rings is 1. The molecule has 1 heterocycles. The van der Waals surface area contributed by atoms with Crippen molar-refractivity contribution >= 4 is 43.4 Å². The molecule has 88 valence electrons. The van der Waals surface area contributed by atoms with E-state index < -0.39 is 0 Å². The van der Waals surface area contributed by atoms with Crippen LogP contribution >= 0.6 is 31.9 Å². The van der Waals surface area contributed by atoms with Crippen molar-refractivity contribution in [2.75, 3.05) is 5.32 Å². The Balaban J connectivity index is 2.34. The van der Waals surface area contributed by atoms with Gasteiger partial charge in [-0.2, -0.15) is 0 Å². The van der Waals surface area contributed by atoms with Crippen LogP contribution in [-0.2, 0) is 0 Å². The van der Waals surface area contributed by atoms with E-state index in [1.54, 1.807) is 12.3 Å². The second-order valence-electron chi connectivity index (χ2n) is 3.59. The van der Waals surface area contributed by atoms with Gasteiger partial charge in [0.1, 0.15) is 11.6 Å². The van der Waals surface area contributed by atoms with Gasteiger partial charge in [-0.15, -0.1) is 0 Å². The van der Waals surface area contributed by atoms with Crippen molar-refractivity contribution in [3.8, 4) is 0 Å². The summed E-state index contributed by atoms with van der Waals surface area (Å²) in [5, 5.41) is 3.06. The number of hydrogen-bond donors (Lipinski definition) is 1. The Labute approximate surface area is 116 Å². The van der Waals surface area contributed by atoms with Crippen molar-refractivity contribution in [3.05, 3.63) is 50.8 Å². The summed E-state index contributed by atoms with van der Waals surface area (Å²) in [6, 6.07) is 6.41. The van der Waals surface area contributed by atoms with Crippen LogP contribution in [-0.4, -0.2) is 4.98 Å². The van der Waals surface area contributed by atoms with Gasteiger partial charge in [0.05, 0.1) is 10.2 Å². The van der Waals surface area contributed by atoms with Gasteiger partial charge >= 0.3 is 0 Å². The van der Waals surface area contributed by atoms with E-state index in [-0.39, 0.29) is 5.82 Å². The molecule has 0 radical (unpaired) electrons. The van der Waals surface area contributed by atoms with Gasteiger partial charge in [-0.25, -0.2) is 9.37 Å². The van der Waals surface area contributed by atoms with Crippen LogP contribution in [0.3, 0.4) is 0 Å². The quantitative estimate of drug-likeness (QED) is 0.833. The topological polar surface area (TPSA) is 24.9 Å². The Kier molecular flexibility index (Phi) is 3.79. The van der Waals surface area contributed by atoms with E-state index in [1.165, 1.54) is 12.1 Å². The van der Waals surface area contributed by atoms with Gasteiger partial charge < -0.3 is 5.32 Å². The molecule has 2 aromatic rings. The lowest BCUT2D eigenvalue weighted by atomic mass is 10.3. The maximum absolute atomic E-state index is 13.1. The van der Waals surface area contributed by atoms with Crippen LogP contribution in [0, 0.1) is 12.7 Å². The standard InChI is InChI=1S/C12H9Br2FN2/c1-7-4-10(14)12(16-6-7)17-11-5-8(15)2-3-9(11)13/h2-6H,1H3,(H,16,17). The lowest BCUT2D eigenvalue weighted by Crippen LogP contribution is -1.96. The number of hydrogen-bond acceptors (Lipinski definition) is 2. The summed E-state index contributed by atoms with van der Waals surface area (Å²) in [5.41, 5.74) is 1.70. The number of benzene rings is 1. The highest BCUT2D eigenvalue weighted by molar-refractivity contribution is 9.11. The molecule has 0 atom stereocenters. The Morgan fingerprint density at radius 3 is 2.65 bits per heavy atom. The Bertz CT molecular complexity index is 558. The van der Waals surface area contributed by atoms with Gasteiger partial charge in [0.2, 0.25) is 0 Å². The summed E-state index contributed by atoms with van der Waals surface area (Å²) in [4.78, 5) is 4.24. The van der Waals surface area contributed by atoms with E-state index in [9.17, 15) is 4.39 Å². The minimum atomic E-state index is -0.293. The average Bonchev–Trinajstić information content (AvgIpc) is 2.27. The summed E-state index contributed by atoms with van der Waals surface area (Å²) in [5.74, 6) is 0.362. The van der Waals surface area contributed by atoms with E-state index in [0.29, 0.717) is 11.5 Å². The number of nitrogens with one attached hydrogen (secondary N) is 1. The SMILES string of the molecule is Cc1cnc(Nc2cc(F)ccc2Br)c(Br)c1. The molecule has 1 aromatic heterocycles. The first kappa shape index (κ1) is 12.5. The zero-order valence-electron chi connectivity index (χ0n) is 8.97. The highest BCUT2D eigenvalue weighted by Crippen LogP contribution is 2.29. The third-order valence-corrected chi connectivity index (χ3v) is 3.46. The van der Waals surface area contributed by atoms with Crippen molar-refractivity contribution in [1.82, 2.24) is 4.98 Å². The van der Waals surface area contributed by atoms with Crippen molar-refractivity contribution in [2.24, 2.45) is 0 Å². The molecular formula is C12H9Br2FN2. The molecule has 0 amide bonds. The van der Waals surface area contributed by atoms with Gasteiger partial charge in [0.15, 0.2) is 0 Å². The summed E-state index contributed by atoms with van der Waals surface area (Å²) in [6.07, 6.45) is 1.75. The highest BCUT2D eigenvalue weighted by atomic mass is 79.9. The van der Waals surface area contributed by atoms with Gasteiger partial charge in [0.25, 0.3) is 0 Å². The van der Waals surface area contributed by atoms with E-state index in [4.69, 9.17) is 0 Å². The molecule has 0 saturated heterocycles. The smallest absolute Gasteiger partial charge is 0.144 e. The number of rotatable bonds is 2. The maximum Gasteiger partial charge on any atom is 0.144 e. The molecule has 0 aliphatic carbocycles. The fraction of sp³-hybridized carbons (Fsp3) is 0.0833. The molecule has 0 fully saturated rings. The molecule has 0 spiro atoms. The fourth-order valence-electron chi connectivity index (χ4n) is 1.35. The molecule has 0 saturated carbocycles. The molecule has 17 heavy (non-hydrogen) atoms. The van der Waals surface area contributed by atoms with Crippen LogP contribution in [0.15, 0.2) is 39.4 Å². The fourth-order valence-corrected chi connectivity index (χ4v) is 2.25. The van der Waals surface area contributed by atoms with E-state index >= 15 is 0 Å². The number of anilines is 2. The molecule has 1 N–H and O–H groups in total. The average molecular weight is 360 g/mol. The second-order valence-corrected chi connectivity index (χ2v) is 5.30. The molecule has 0 unspecified atom stereocenters. The minimum Gasteiger partial charge on any atom is -0.338 e. The first-order valence-corrected chi connectivity index (χ1v) is 6.49. The summed E-state index contributed by atoms with van der Waals surface area (Å²) >= 11 is 6.77. The first-order valence-electron chi connectivity index (χ1n) is 4.90. The van der Waals surface area contributed by atoms with Crippen LogP contribution in [0.4, 0.5) is 15.9 Å². The lowest BCUT2D eigenvalue weighted by Gasteiger charge is -2.09. The van der Waals surface area contributed by atoms with Crippen molar-refractivity contribution in [2.45, 2.75) is 6.92 Å². The third-order valence-electron chi connectivity index (χ3n) is 2.16. The predicted molar refractivity (Wildman–Crippen MR) is 74.1 cm³/mol. The molecule has 2 nitrogen and oxygen atoms in total. The van der Waals surface area contributed by atoms with Crippen LogP contribution in [0.1, 0.15) is 5.56 Å². The highest BCUT2D eigenvalue weighted by Gasteiger charge is 2.06. The molecule has 2 rings (SSSR count). The van der Waals surface area contributed by atoms with E-state index in [0.717, 1.165) is 14.5 Å². The predicted octanol–water partition coefficient (Wildman–Crippen LogP) is 4.80. The zero-order chi connectivity index (χ0) is 12.4. The number of nitrogens with zero attached hydrogens (tertiary/aromatic N) is 1. The van der Waals surface area contributed by atoms with Gasteiger partial charge in [-0.3, -0.25) is 0 Å². The third kappa shape index (κ3) is 3.04. The van der Waals surface area contributed by atoms with Crippen molar-refractivity contribution in [1.29, 1.82) is 0 Å². The molecule has 1 aromatic carbocycles. The summed E-state index contributed by atoms with van der Waals surface area (Å²) in [6.45, 7) is 1.96. The van der Waals surface area contributed by atoms with Crippen LogP contribution in [0.25, 0.3) is 0 Å². The molecule has 0 aliphatic heterocycles. The van der Waals surface area contributed by atoms with Gasteiger partial charge in [-0.05, 0) is 68.6 Å². The zero-order valence-corrected chi connectivity index (χ0v) is 12.1. The minimum absolute atomic E-state index is 0.293. The van der Waals surface area contributed by atoms with Crippen LogP contribution < -0.4 is 5.32 Å². The van der Waals surface area contributed by atoms with Gasteiger partial charge in [0, 0.05) is 10.7 Å². The van der Waals surface area contributed by atoms with E-state index in [1.807, 2.05) is 13.0 Å². The van der Waals surface area contributed by atoms with Crippen molar-refractivity contribution in [3.63, 3.8) is 0 Å². The van der Waals surface area contributed by atoms with Crippen molar-refractivity contribution < 1.29 is 4.39 Å². The number of aryl methyl sites for hydroxylation is 1. The molecule has 0 aliphatic rings. The normalized spacial score (nSPS) is 10.4. The number of aromatic nitrogens is 1. The van der Waals surface area contributed by atoms with Gasteiger partial charge in [-0.1, -0.05) is 0 Å². The molecular weight excluding hydrogens is 351 g/mol. The monoisotopic (exact) mass is 358 g/mol. The maximum atomic E-state index is 13.1. The summed E-state index contributed by atoms with van der Waals surface area (Å²) in [7, 11) is 0. The Morgan fingerprint density at radius 2 is 1.94 bits per heavy atom. The van der Waals surface area contributed by atoms with Crippen LogP contribution in [0.5, 0.6) is 0 Å². The Hall–Kier alpha value is -0.940. The first-order chi connectivity index (χ1) is 8.06. The Morgan fingerprint density at radius 1 is 1.18 bits per heavy atom. The van der Waals surface area contributed by atoms with E-state index in [2.05, 4.69) is 42.2 Å². The lowest BCUT2D eigenvalue weighted by molar-refractivity contribution is 0.628.